The summed E-state index contributed by atoms with van der Waals surface area (Å²) in [6.45, 7) is 3.28. The van der Waals surface area contributed by atoms with Gasteiger partial charge in [0.15, 0.2) is 0 Å². The summed E-state index contributed by atoms with van der Waals surface area (Å²) >= 11 is 0. The fourth-order valence-corrected chi connectivity index (χ4v) is 1.90. The lowest BCUT2D eigenvalue weighted by atomic mass is 9.96. The van der Waals surface area contributed by atoms with Crippen LogP contribution < -0.4 is 10.9 Å². The number of carboxylic acids is 1. The van der Waals surface area contributed by atoms with Crippen LogP contribution in [0.5, 0.6) is 0 Å². The van der Waals surface area contributed by atoms with E-state index in [1.807, 2.05) is 0 Å². The molecule has 0 aliphatic heterocycles. The molecule has 3 N–H and O–H groups in total. The van der Waals surface area contributed by atoms with Crippen LogP contribution in [0.4, 0.5) is 5.82 Å². The second-order valence-corrected chi connectivity index (χ2v) is 4.62. The number of carboxylic acid groups (broad SMARTS) is 1. The first-order valence-corrected chi connectivity index (χ1v) is 5.51. The average Bonchev–Trinajstić information content (AvgIpc) is 2.97. The highest BCUT2D eigenvalue weighted by atomic mass is 16.4. The first-order chi connectivity index (χ1) is 7.91. The molecule has 0 saturated heterocycles. The zero-order valence-electron chi connectivity index (χ0n) is 9.78. The van der Waals surface area contributed by atoms with E-state index in [9.17, 15) is 14.7 Å². The van der Waals surface area contributed by atoms with Gasteiger partial charge in [0.1, 0.15) is 17.2 Å². The van der Waals surface area contributed by atoms with Crippen LogP contribution in [0.25, 0.3) is 0 Å². The minimum absolute atomic E-state index is 0.0985. The van der Waals surface area contributed by atoms with E-state index in [2.05, 4.69) is 15.3 Å². The van der Waals surface area contributed by atoms with Crippen molar-refractivity contribution in [1.82, 2.24) is 9.97 Å². The van der Waals surface area contributed by atoms with E-state index in [4.69, 9.17) is 0 Å². The zero-order valence-corrected chi connectivity index (χ0v) is 9.78. The van der Waals surface area contributed by atoms with Gasteiger partial charge in [-0.05, 0) is 32.6 Å². The van der Waals surface area contributed by atoms with Crippen LogP contribution in [0.1, 0.15) is 25.6 Å². The van der Waals surface area contributed by atoms with Crippen molar-refractivity contribution in [3.05, 3.63) is 22.2 Å². The number of aliphatic carboxylic acids is 1. The number of H-pyrrole nitrogens is 1. The fraction of sp³-hybridized carbons (Fsp3) is 0.545. The first kappa shape index (κ1) is 11.6. The number of anilines is 1. The van der Waals surface area contributed by atoms with Gasteiger partial charge in [-0.25, -0.2) is 9.78 Å². The Hall–Kier alpha value is -1.85. The summed E-state index contributed by atoms with van der Waals surface area (Å²) in [5, 5.41) is 12.1. The van der Waals surface area contributed by atoms with Crippen LogP contribution in [0.15, 0.2) is 10.9 Å². The van der Waals surface area contributed by atoms with Gasteiger partial charge in [-0.2, -0.15) is 0 Å². The van der Waals surface area contributed by atoms with Crippen molar-refractivity contribution in [1.29, 1.82) is 0 Å². The Morgan fingerprint density at radius 3 is 2.76 bits per heavy atom. The normalized spacial score (nSPS) is 18.5. The molecule has 1 aromatic rings. The number of aromatic amines is 1. The highest BCUT2D eigenvalue weighted by molar-refractivity contribution is 5.82. The molecule has 17 heavy (non-hydrogen) atoms. The van der Waals surface area contributed by atoms with Gasteiger partial charge in [-0.15, -0.1) is 0 Å². The maximum absolute atomic E-state index is 11.3. The molecular weight excluding hydrogens is 222 g/mol. The lowest BCUT2D eigenvalue weighted by molar-refractivity contribution is -0.142. The van der Waals surface area contributed by atoms with Gasteiger partial charge in [0.2, 0.25) is 0 Å². The van der Waals surface area contributed by atoms with Crippen molar-refractivity contribution < 1.29 is 9.90 Å². The molecule has 0 bridgehead atoms. The van der Waals surface area contributed by atoms with E-state index in [1.54, 1.807) is 13.8 Å². The van der Waals surface area contributed by atoms with E-state index >= 15 is 0 Å². The Kier molecular flexibility index (Phi) is 2.65. The Balaban J connectivity index is 2.29. The molecule has 0 aromatic carbocycles. The summed E-state index contributed by atoms with van der Waals surface area (Å²) in [5.41, 5.74) is -1.34. The quantitative estimate of drug-likeness (QED) is 0.718. The third-order valence-corrected chi connectivity index (χ3v) is 3.09. The van der Waals surface area contributed by atoms with E-state index in [0.717, 1.165) is 12.8 Å². The second-order valence-electron chi connectivity index (χ2n) is 4.62. The molecule has 1 aliphatic rings. The minimum atomic E-state index is -1.05. The Bertz CT molecular complexity index is 507. The number of hydrogen-bond donors (Lipinski definition) is 3. The molecule has 0 radical (unpaired) electrons. The molecule has 1 unspecified atom stereocenters. The monoisotopic (exact) mass is 237 g/mol. The molecule has 2 rings (SSSR count). The molecule has 6 heteroatoms. The molecule has 0 amide bonds. The van der Waals surface area contributed by atoms with Crippen LogP contribution in [0.2, 0.25) is 0 Å². The molecular formula is C11H15N3O3. The lowest BCUT2D eigenvalue weighted by Gasteiger charge is -2.26. The number of aryl methyl sites for hydroxylation is 1. The van der Waals surface area contributed by atoms with E-state index in [-0.39, 0.29) is 11.5 Å². The average molecular weight is 237 g/mol. The number of nitrogens with one attached hydrogen (secondary N) is 2. The van der Waals surface area contributed by atoms with E-state index in [1.165, 1.54) is 6.07 Å². The lowest BCUT2D eigenvalue weighted by Crippen LogP contribution is -2.46. The molecule has 6 nitrogen and oxygen atoms in total. The topological polar surface area (TPSA) is 95.1 Å². The zero-order chi connectivity index (χ0) is 12.6. The second kappa shape index (κ2) is 3.87. The number of carbonyl (C=O) groups is 1. The van der Waals surface area contributed by atoms with Gasteiger partial charge in [0.05, 0.1) is 0 Å². The van der Waals surface area contributed by atoms with Crippen LogP contribution in [0, 0.1) is 12.8 Å². The molecule has 1 atom stereocenters. The predicted octanol–water partition coefficient (Wildman–Crippen LogP) is 0.744. The van der Waals surface area contributed by atoms with Gasteiger partial charge in [-0.3, -0.25) is 4.79 Å². The maximum Gasteiger partial charge on any atom is 0.329 e. The fourth-order valence-electron chi connectivity index (χ4n) is 1.90. The number of aromatic nitrogens is 2. The summed E-state index contributed by atoms with van der Waals surface area (Å²) in [6.07, 6.45) is 1.77. The summed E-state index contributed by atoms with van der Waals surface area (Å²) in [7, 11) is 0. The van der Waals surface area contributed by atoms with Crippen molar-refractivity contribution in [3.63, 3.8) is 0 Å². The number of rotatable bonds is 4. The van der Waals surface area contributed by atoms with E-state index < -0.39 is 11.5 Å². The van der Waals surface area contributed by atoms with Gasteiger partial charge >= 0.3 is 5.97 Å². The molecule has 1 fully saturated rings. The molecule has 1 heterocycles. The Labute approximate surface area is 98.1 Å². The molecule has 92 valence electrons. The molecule has 1 aromatic heterocycles. The van der Waals surface area contributed by atoms with Crippen molar-refractivity contribution in [2.75, 3.05) is 5.32 Å². The van der Waals surface area contributed by atoms with Crippen LogP contribution in [-0.2, 0) is 4.79 Å². The summed E-state index contributed by atoms with van der Waals surface area (Å²) in [5.74, 6) is -0.0484. The van der Waals surface area contributed by atoms with Gasteiger partial charge in [0, 0.05) is 6.07 Å². The Morgan fingerprint density at radius 2 is 2.29 bits per heavy atom. The van der Waals surface area contributed by atoms with Crippen molar-refractivity contribution in [2.45, 2.75) is 32.2 Å². The summed E-state index contributed by atoms with van der Waals surface area (Å²) in [6, 6.07) is 1.27. The first-order valence-electron chi connectivity index (χ1n) is 5.51. The smallest absolute Gasteiger partial charge is 0.329 e. The summed E-state index contributed by atoms with van der Waals surface area (Å²) < 4.78 is 0. The molecule has 1 saturated carbocycles. The largest absolute Gasteiger partial charge is 0.480 e. The third-order valence-electron chi connectivity index (χ3n) is 3.09. The SMILES string of the molecule is Cc1nc(NC(C)(C(=O)O)C2CC2)cc(=O)[nH]1. The van der Waals surface area contributed by atoms with Crippen LogP contribution in [-0.4, -0.2) is 26.6 Å². The highest BCUT2D eigenvalue weighted by Gasteiger charge is 2.47. The van der Waals surface area contributed by atoms with Gasteiger partial charge < -0.3 is 15.4 Å². The van der Waals surface area contributed by atoms with Crippen molar-refractivity contribution in [3.8, 4) is 0 Å². The van der Waals surface area contributed by atoms with Crippen LogP contribution >= 0.6 is 0 Å². The van der Waals surface area contributed by atoms with Gasteiger partial charge in [-0.1, -0.05) is 0 Å². The Morgan fingerprint density at radius 1 is 1.65 bits per heavy atom. The summed E-state index contributed by atoms with van der Waals surface area (Å²) in [4.78, 5) is 29.2. The van der Waals surface area contributed by atoms with Gasteiger partial charge in [0.25, 0.3) is 5.56 Å². The molecule has 0 spiro atoms. The van der Waals surface area contributed by atoms with Crippen molar-refractivity contribution in [2.24, 2.45) is 5.92 Å². The maximum atomic E-state index is 11.3. The van der Waals surface area contributed by atoms with Crippen molar-refractivity contribution >= 4 is 11.8 Å². The van der Waals surface area contributed by atoms with Crippen LogP contribution in [0.3, 0.4) is 0 Å². The number of nitrogens with zero attached hydrogens (tertiary/aromatic N) is 1. The standard InChI is InChI=1S/C11H15N3O3/c1-6-12-8(5-9(15)13-6)14-11(2,10(16)17)7-3-4-7/h5,7H,3-4H2,1-2H3,(H,16,17)(H2,12,13,14,15). The van der Waals surface area contributed by atoms with E-state index in [0.29, 0.717) is 11.6 Å². The highest BCUT2D eigenvalue weighted by Crippen LogP contribution is 2.41. The number of hydrogen-bond acceptors (Lipinski definition) is 4. The third kappa shape index (κ3) is 2.30. The molecule has 1 aliphatic carbocycles. The minimum Gasteiger partial charge on any atom is -0.480 e. The predicted molar refractivity (Wildman–Crippen MR) is 62.0 cm³/mol.